The monoisotopic (exact) mass is 299 g/mol. The number of hydrogen-bond acceptors (Lipinski definition) is 3. The quantitative estimate of drug-likeness (QED) is 0.639. The predicted octanol–water partition coefficient (Wildman–Crippen LogP) is 3.59. The van der Waals surface area contributed by atoms with E-state index >= 15 is 0 Å². The van der Waals surface area contributed by atoms with Crippen LogP contribution in [-0.4, -0.2) is 35.9 Å². The largest absolute Gasteiger partial charge is 0.480 e. The minimum Gasteiger partial charge on any atom is -0.480 e. The Bertz CT molecular complexity index is 320. The first-order valence-corrected chi connectivity index (χ1v) is 8.45. The number of rotatable bonds is 9. The Labute approximate surface area is 129 Å². The smallest absolute Gasteiger partial charge is 0.323 e. The fourth-order valence-electron chi connectivity index (χ4n) is 3.23. The number of carbonyl (C=O) groups is 1. The third-order valence-corrected chi connectivity index (χ3v) is 4.92. The van der Waals surface area contributed by atoms with E-state index in [2.05, 4.69) is 19.2 Å². The van der Waals surface area contributed by atoms with Crippen LogP contribution in [0.25, 0.3) is 0 Å². The molecule has 1 aliphatic rings. The number of ether oxygens (including phenoxy) is 1. The molecule has 0 aromatic heterocycles. The third kappa shape index (κ3) is 5.59. The van der Waals surface area contributed by atoms with E-state index in [4.69, 9.17) is 4.74 Å². The highest BCUT2D eigenvalue weighted by molar-refractivity contribution is 5.78. The van der Waals surface area contributed by atoms with Crippen molar-refractivity contribution in [3.05, 3.63) is 0 Å². The van der Waals surface area contributed by atoms with Crippen LogP contribution in [0.3, 0.4) is 0 Å². The Kier molecular flexibility index (Phi) is 7.14. The minimum atomic E-state index is -0.785. The lowest BCUT2D eigenvalue weighted by Gasteiger charge is -2.34. The Balaban J connectivity index is 2.30. The predicted molar refractivity (Wildman–Crippen MR) is 85.6 cm³/mol. The summed E-state index contributed by atoms with van der Waals surface area (Å²) < 4.78 is 5.95. The standard InChI is InChI=1S/C17H33NO3/c1-5-17(15(19)20,18-6-2)10-7-13-21-14-8-11-16(3,4)12-9-14/h14,18H,5-13H2,1-4H3,(H,19,20). The van der Waals surface area contributed by atoms with Gasteiger partial charge in [0.25, 0.3) is 0 Å². The highest BCUT2D eigenvalue weighted by Gasteiger charge is 2.35. The fraction of sp³-hybridized carbons (Fsp3) is 0.941. The Morgan fingerprint density at radius 3 is 2.43 bits per heavy atom. The van der Waals surface area contributed by atoms with Gasteiger partial charge in [-0.15, -0.1) is 0 Å². The topological polar surface area (TPSA) is 58.6 Å². The van der Waals surface area contributed by atoms with Crippen LogP contribution in [0.4, 0.5) is 0 Å². The molecule has 2 N–H and O–H groups in total. The first-order chi connectivity index (χ1) is 9.85. The van der Waals surface area contributed by atoms with E-state index in [9.17, 15) is 9.90 Å². The second kappa shape index (κ2) is 8.14. The van der Waals surface area contributed by atoms with Crippen LogP contribution in [0, 0.1) is 5.41 Å². The molecule has 4 heteroatoms. The molecule has 4 nitrogen and oxygen atoms in total. The van der Waals surface area contributed by atoms with Crippen LogP contribution in [0.5, 0.6) is 0 Å². The molecule has 0 aromatic rings. The number of hydrogen-bond donors (Lipinski definition) is 2. The van der Waals surface area contributed by atoms with E-state index in [1.807, 2.05) is 13.8 Å². The molecule has 0 saturated heterocycles. The van der Waals surface area contributed by atoms with Crippen molar-refractivity contribution in [3.63, 3.8) is 0 Å². The summed E-state index contributed by atoms with van der Waals surface area (Å²) in [6.07, 6.45) is 7.13. The zero-order valence-electron chi connectivity index (χ0n) is 14.2. The van der Waals surface area contributed by atoms with Crippen LogP contribution in [0.1, 0.15) is 72.6 Å². The SMILES string of the molecule is CCNC(CC)(CCCOC1CCC(C)(C)CC1)C(=O)O. The van der Waals surface area contributed by atoms with Crippen molar-refractivity contribution in [3.8, 4) is 0 Å². The van der Waals surface area contributed by atoms with Crippen LogP contribution in [0.2, 0.25) is 0 Å². The molecule has 0 bridgehead atoms. The molecule has 124 valence electrons. The van der Waals surface area contributed by atoms with Crippen molar-refractivity contribution in [2.24, 2.45) is 5.41 Å². The van der Waals surface area contributed by atoms with Crippen LogP contribution in [-0.2, 0) is 9.53 Å². The van der Waals surface area contributed by atoms with Gasteiger partial charge in [-0.05, 0) is 56.9 Å². The lowest BCUT2D eigenvalue weighted by atomic mass is 9.76. The molecule has 1 saturated carbocycles. The number of likely N-dealkylation sites (N-methyl/N-ethyl adjacent to an activating group) is 1. The van der Waals surface area contributed by atoms with Crippen molar-refractivity contribution in [1.82, 2.24) is 5.32 Å². The van der Waals surface area contributed by atoms with Crippen molar-refractivity contribution < 1.29 is 14.6 Å². The first kappa shape index (κ1) is 18.4. The van der Waals surface area contributed by atoms with Crippen LogP contribution in [0.15, 0.2) is 0 Å². The van der Waals surface area contributed by atoms with Crippen molar-refractivity contribution in [1.29, 1.82) is 0 Å². The molecule has 0 heterocycles. The van der Waals surface area contributed by atoms with Crippen LogP contribution < -0.4 is 5.32 Å². The molecule has 0 aliphatic heterocycles. The van der Waals surface area contributed by atoms with Crippen molar-refractivity contribution >= 4 is 5.97 Å². The lowest BCUT2D eigenvalue weighted by Crippen LogP contribution is -2.51. The number of nitrogens with one attached hydrogen (secondary N) is 1. The molecule has 0 amide bonds. The number of carboxylic acids is 1. The van der Waals surface area contributed by atoms with Crippen molar-refractivity contribution in [2.75, 3.05) is 13.2 Å². The molecule has 1 aliphatic carbocycles. The molecule has 0 aromatic carbocycles. The maximum absolute atomic E-state index is 11.5. The summed E-state index contributed by atoms with van der Waals surface area (Å²) in [7, 11) is 0. The van der Waals surface area contributed by atoms with Gasteiger partial charge in [-0.1, -0.05) is 27.7 Å². The molecular weight excluding hydrogens is 266 g/mol. The van der Waals surface area contributed by atoms with Gasteiger partial charge in [-0.2, -0.15) is 0 Å². The van der Waals surface area contributed by atoms with Gasteiger partial charge in [-0.3, -0.25) is 4.79 Å². The Hall–Kier alpha value is -0.610. The number of carboxylic acid groups (broad SMARTS) is 1. The Morgan fingerprint density at radius 1 is 1.33 bits per heavy atom. The summed E-state index contributed by atoms with van der Waals surface area (Å²) >= 11 is 0. The second-order valence-corrected chi connectivity index (χ2v) is 7.11. The summed E-state index contributed by atoms with van der Waals surface area (Å²) in [6, 6.07) is 0. The summed E-state index contributed by atoms with van der Waals surface area (Å²) in [4.78, 5) is 11.5. The van der Waals surface area contributed by atoms with Gasteiger partial charge in [-0.25, -0.2) is 0 Å². The van der Waals surface area contributed by atoms with Gasteiger partial charge < -0.3 is 15.2 Å². The van der Waals surface area contributed by atoms with Gasteiger partial charge in [0, 0.05) is 6.61 Å². The average molecular weight is 299 g/mol. The van der Waals surface area contributed by atoms with Gasteiger partial charge in [0.1, 0.15) is 5.54 Å². The molecule has 1 rings (SSSR count). The molecule has 1 unspecified atom stereocenters. The summed E-state index contributed by atoms with van der Waals surface area (Å²) in [6.45, 7) is 9.88. The van der Waals surface area contributed by atoms with E-state index in [0.717, 1.165) is 19.3 Å². The molecule has 1 atom stereocenters. The third-order valence-electron chi connectivity index (χ3n) is 4.92. The van der Waals surface area contributed by atoms with Gasteiger partial charge >= 0.3 is 5.97 Å². The van der Waals surface area contributed by atoms with E-state index in [0.29, 0.717) is 37.5 Å². The lowest BCUT2D eigenvalue weighted by molar-refractivity contribution is -0.145. The molecule has 21 heavy (non-hydrogen) atoms. The molecular formula is C17H33NO3. The summed E-state index contributed by atoms with van der Waals surface area (Å²) in [5.41, 5.74) is -0.321. The molecule has 1 fully saturated rings. The van der Waals surface area contributed by atoms with Crippen LogP contribution >= 0.6 is 0 Å². The van der Waals surface area contributed by atoms with Gasteiger partial charge in [0.05, 0.1) is 6.10 Å². The van der Waals surface area contributed by atoms with Crippen molar-refractivity contribution in [2.45, 2.75) is 84.3 Å². The minimum absolute atomic E-state index is 0.373. The van der Waals surface area contributed by atoms with E-state index in [-0.39, 0.29) is 0 Å². The molecule has 0 radical (unpaired) electrons. The molecule has 0 spiro atoms. The van der Waals surface area contributed by atoms with E-state index in [1.165, 1.54) is 12.8 Å². The zero-order valence-corrected chi connectivity index (χ0v) is 14.2. The maximum atomic E-state index is 11.5. The summed E-state index contributed by atoms with van der Waals surface area (Å²) in [5, 5.41) is 12.6. The first-order valence-electron chi connectivity index (χ1n) is 8.45. The zero-order chi connectivity index (χ0) is 15.9. The van der Waals surface area contributed by atoms with E-state index in [1.54, 1.807) is 0 Å². The normalized spacial score (nSPS) is 21.9. The fourth-order valence-corrected chi connectivity index (χ4v) is 3.23. The highest BCUT2D eigenvalue weighted by Crippen LogP contribution is 2.36. The average Bonchev–Trinajstić information content (AvgIpc) is 2.43. The van der Waals surface area contributed by atoms with Gasteiger partial charge in [0.2, 0.25) is 0 Å². The maximum Gasteiger partial charge on any atom is 0.323 e. The van der Waals surface area contributed by atoms with Gasteiger partial charge in [0.15, 0.2) is 0 Å². The highest BCUT2D eigenvalue weighted by atomic mass is 16.5. The second-order valence-electron chi connectivity index (χ2n) is 7.11. The summed E-state index contributed by atoms with van der Waals surface area (Å²) in [5.74, 6) is -0.744. The number of aliphatic carboxylic acids is 1. The Morgan fingerprint density at radius 2 is 1.95 bits per heavy atom. The van der Waals surface area contributed by atoms with E-state index < -0.39 is 11.5 Å².